The van der Waals surface area contributed by atoms with E-state index in [0.29, 0.717) is 11.9 Å². The van der Waals surface area contributed by atoms with Gasteiger partial charge in [-0.1, -0.05) is 37.3 Å². The van der Waals surface area contributed by atoms with Crippen LogP contribution in [0.3, 0.4) is 0 Å². The Balaban J connectivity index is 2.08. The highest BCUT2D eigenvalue weighted by Gasteiger charge is 2.40. The third-order valence-corrected chi connectivity index (χ3v) is 4.79. The molecule has 1 heterocycles. The summed E-state index contributed by atoms with van der Waals surface area (Å²) in [5.41, 5.74) is 9.73. The molecule has 2 aliphatic rings. The van der Waals surface area contributed by atoms with E-state index in [1.807, 2.05) is 7.05 Å². The lowest BCUT2D eigenvalue weighted by Crippen LogP contribution is -2.53. The van der Waals surface area contributed by atoms with E-state index >= 15 is 0 Å². The van der Waals surface area contributed by atoms with Crippen LogP contribution in [0.2, 0.25) is 0 Å². The maximum atomic E-state index is 6.07. The Labute approximate surface area is 126 Å². The SMILES string of the molecule is CCC1(NC)N=C(N)NC2=C1CCCC2c1ccccc1. The largest absolute Gasteiger partial charge is 0.370 e. The normalized spacial score (nSPS) is 28.7. The highest BCUT2D eigenvalue weighted by molar-refractivity contribution is 5.82. The molecule has 1 aromatic carbocycles. The highest BCUT2D eigenvalue weighted by Crippen LogP contribution is 2.42. The van der Waals surface area contributed by atoms with Gasteiger partial charge in [0.2, 0.25) is 0 Å². The van der Waals surface area contributed by atoms with E-state index in [-0.39, 0.29) is 5.66 Å². The van der Waals surface area contributed by atoms with Gasteiger partial charge >= 0.3 is 0 Å². The molecule has 4 nitrogen and oxygen atoms in total. The van der Waals surface area contributed by atoms with Crippen LogP contribution < -0.4 is 16.4 Å². The molecule has 4 heteroatoms. The van der Waals surface area contributed by atoms with E-state index < -0.39 is 0 Å². The number of aliphatic imine (C=N–C) groups is 1. The predicted octanol–water partition coefficient (Wildman–Crippen LogP) is 2.45. The molecule has 21 heavy (non-hydrogen) atoms. The fraction of sp³-hybridized carbons (Fsp3) is 0.471. The number of hydrogen-bond donors (Lipinski definition) is 3. The van der Waals surface area contributed by atoms with Crippen molar-refractivity contribution in [2.45, 2.75) is 44.2 Å². The summed E-state index contributed by atoms with van der Waals surface area (Å²) < 4.78 is 0. The van der Waals surface area contributed by atoms with Gasteiger partial charge in [0.1, 0.15) is 5.66 Å². The minimum atomic E-state index is -0.335. The van der Waals surface area contributed by atoms with E-state index in [1.54, 1.807) is 0 Å². The van der Waals surface area contributed by atoms with Crippen LogP contribution >= 0.6 is 0 Å². The van der Waals surface area contributed by atoms with Gasteiger partial charge in [-0.05, 0) is 43.9 Å². The molecule has 1 aliphatic carbocycles. The Hall–Kier alpha value is -1.81. The van der Waals surface area contributed by atoms with Gasteiger partial charge in [0.05, 0.1) is 0 Å². The number of nitrogens with zero attached hydrogens (tertiary/aromatic N) is 1. The van der Waals surface area contributed by atoms with Gasteiger partial charge < -0.3 is 11.1 Å². The average Bonchev–Trinajstić information content (AvgIpc) is 2.54. The number of guanidine groups is 1. The summed E-state index contributed by atoms with van der Waals surface area (Å²) in [7, 11) is 1.97. The first-order valence-corrected chi connectivity index (χ1v) is 7.80. The van der Waals surface area contributed by atoms with Crippen molar-refractivity contribution in [3.05, 3.63) is 47.2 Å². The molecular weight excluding hydrogens is 260 g/mol. The van der Waals surface area contributed by atoms with Crippen LogP contribution in [0.5, 0.6) is 0 Å². The molecule has 0 spiro atoms. The summed E-state index contributed by atoms with van der Waals surface area (Å²) in [6, 6.07) is 10.7. The molecule has 0 fully saturated rings. The van der Waals surface area contributed by atoms with E-state index in [2.05, 4.69) is 52.9 Å². The number of hydrogen-bond acceptors (Lipinski definition) is 4. The number of benzene rings is 1. The van der Waals surface area contributed by atoms with Crippen LogP contribution in [0.25, 0.3) is 0 Å². The Kier molecular flexibility index (Phi) is 3.72. The van der Waals surface area contributed by atoms with Gasteiger partial charge in [0.25, 0.3) is 0 Å². The first-order valence-electron chi connectivity index (χ1n) is 7.80. The van der Waals surface area contributed by atoms with Crippen LogP contribution in [0.4, 0.5) is 0 Å². The molecule has 1 aliphatic heterocycles. The van der Waals surface area contributed by atoms with Crippen LogP contribution in [0.15, 0.2) is 46.6 Å². The minimum Gasteiger partial charge on any atom is -0.370 e. The molecule has 0 saturated carbocycles. The Morgan fingerprint density at radius 3 is 2.81 bits per heavy atom. The standard InChI is InChI=1S/C17H24N4/c1-3-17(19-2)14-11-7-10-13(12-8-5-4-6-9-12)15(14)20-16(18)21-17/h4-6,8-9,13,19H,3,7,10-11H2,1-2H3,(H3,18,20,21). The van der Waals surface area contributed by atoms with Crippen molar-refractivity contribution in [1.29, 1.82) is 0 Å². The lowest BCUT2D eigenvalue weighted by atomic mass is 9.77. The molecule has 3 rings (SSSR count). The maximum Gasteiger partial charge on any atom is 0.195 e. The fourth-order valence-corrected chi connectivity index (χ4v) is 3.70. The van der Waals surface area contributed by atoms with Gasteiger partial charge in [-0.2, -0.15) is 0 Å². The monoisotopic (exact) mass is 284 g/mol. The Bertz CT molecular complexity index is 570. The van der Waals surface area contributed by atoms with Gasteiger partial charge in [0, 0.05) is 11.6 Å². The van der Waals surface area contributed by atoms with Crippen molar-refractivity contribution < 1.29 is 0 Å². The number of likely N-dealkylation sites (N-methyl/N-ethyl adjacent to an activating group) is 1. The Morgan fingerprint density at radius 1 is 1.38 bits per heavy atom. The average molecular weight is 284 g/mol. The van der Waals surface area contributed by atoms with E-state index in [9.17, 15) is 0 Å². The quantitative estimate of drug-likeness (QED) is 0.799. The zero-order valence-electron chi connectivity index (χ0n) is 12.8. The van der Waals surface area contributed by atoms with Crippen molar-refractivity contribution >= 4 is 5.96 Å². The first kappa shape index (κ1) is 14.1. The molecule has 112 valence electrons. The third-order valence-electron chi connectivity index (χ3n) is 4.79. The predicted molar refractivity (Wildman–Crippen MR) is 86.9 cm³/mol. The number of rotatable bonds is 3. The number of nitrogens with two attached hydrogens (primary N) is 1. The highest BCUT2D eigenvalue weighted by atomic mass is 15.2. The fourth-order valence-electron chi connectivity index (χ4n) is 3.70. The zero-order valence-corrected chi connectivity index (χ0v) is 12.8. The maximum absolute atomic E-state index is 6.07. The molecule has 0 amide bonds. The summed E-state index contributed by atoms with van der Waals surface area (Å²) in [5, 5.41) is 6.76. The second-order valence-electron chi connectivity index (χ2n) is 5.83. The van der Waals surface area contributed by atoms with Gasteiger partial charge in [0.15, 0.2) is 5.96 Å². The van der Waals surface area contributed by atoms with Crippen molar-refractivity contribution in [2.24, 2.45) is 10.7 Å². The van der Waals surface area contributed by atoms with E-state index in [0.717, 1.165) is 19.3 Å². The Morgan fingerprint density at radius 2 is 2.14 bits per heavy atom. The van der Waals surface area contributed by atoms with Crippen LogP contribution in [0.1, 0.15) is 44.1 Å². The third kappa shape index (κ3) is 2.33. The zero-order chi connectivity index (χ0) is 14.9. The van der Waals surface area contributed by atoms with Crippen molar-refractivity contribution in [3.8, 4) is 0 Å². The summed E-state index contributed by atoms with van der Waals surface area (Å²) >= 11 is 0. The molecule has 0 bridgehead atoms. The summed E-state index contributed by atoms with van der Waals surface area (Å²) in [4.78, 5) is 4.68. The molecule has 0 aromatic heterocycles. The molecule has 1 aromatic rings. The second kappa shape index (κ2) is 5.53. The van der Waals surface area contributed by atoms with Crippen LogP contribution in [-0.4, -0.2) is 18.7 Å². The number of nitrogens with one attached hydrogen (secondary N) is 2. The number of allylic oxidation sites excluding steroid dienone is 1. The van der Waals surface area contributed by atoms with Crippen molar-refractivity contribution in [3.63, 3.8) is 0 Å². The molecule has 0 saturated heterocycles. The lowest BCUT2D eigenvalue weighted by molar-refractivity contribution is 0.367. The van der Waals surface area contributed by atoms with Gasteiger partial charge in [-0.15, -0.1) is 0 Å². The molecule has 2 unspecified atom stereocenters. The van der Waals surface area contributed by atoms with Crippen molar-refractivity contribution in [1.82, 2.24) is 10.6 Å². The summed E-state index contributed by atoms with van der Waals surface area (Å²) in [5.74, 6) is 0.913. The lowest BCUT2D eigenvalue weighted by Gasteiger charge is -2.42. The van der Waals surface area contributed by atoms with E-state index in [1.165, 1.54) is 23.3 Å². The second-order valence-corrected chi connectivity index (χ2v) is 5.83. The summed E-state index contributed by atoms with van der Waals surface area (Å²) in [6.45, 7) is 2.16. The van der Waals surface area contributed by atoms with E-state index in [4.69, 9.17) is 5.73 Å². The minimum absolute atomic E-state index is 0.335. The molecule has 0 radical (unpaired) electrons. The molecule has 2 atom stereocenters. The topological polar surface area (TPSA) is 62.4 Å². The molecular formula is C17H24N4. The smallest absolute Gasteiger partial charge is 0.195 e. The van der Waals surface area contributed by atoms with Gasteiger partial charge in [-0.25, -0.2) is 4.99 Å². The van der Waals surface area contributed by atoms with Crippen LogP contribution in [0, 0.1) is 0 Å². The summed E-state index contributed by atoms with van der Waals surface area (Å²) in [6.07, 6.45) is 4.34. The molecule has 4 N–H and O–H groups in total. The first-order chi connectivity index (χ1) is 10.2. The van der Waals surface area contributed by atoms with Gasteiger partial charge in [-0.3, -0.25) is 5.32 Å². The van der Waals surface area contributed by atoms with Crippen LogP contribution in [-0.2, 0) is 0 Å². The van der Waals surface area contributed by atoms with Crippen molar-refractivity contribution in [2.75, 3.05) is 7.05 Å².